The van der Waals surface area contributed by atoms with E-state index >= 15 is 0 Å². The predicted octanol–water partition coefficient (Wildman–Crippen LogP) is 3.00. The molecule has 0 spiro atoms. The molecule has 0 radical (unpaired) electrons. The monoisotopic (exact) mass is 398 g/mol. The average molecular weight is 398 g/mol. The molecule has 1 aromatic heterocycles. The van der Waals surface area contributed by atoms with Gasteiger partial charge < -0.3 is 15.4 Å². The molecule has 2 N–H and O–H groups in total. The molecular formula is C21H20F2N4O2. The fraction of sp³-hybridized carbons (Fsp3) is 0.381. The Morgan fingerprint density at radius 2 is 2.03 bits per heavy atom. The average Bonchev–Trinajstić information content (AvgIpc) is 3.47. The van der Waals surface area contributed by atoms with E-state index in [-0.39, 0.29) is 18.9 Å². The molecule has 2 aromatic rings. The lowest BCUT2D eigenvalue weighted by molar-refractivity contribution is -0.117. The number of nitriles is 1. The second kappa shape index (κ2) is 8.13. The molecular weight excluding hydrogens is 378 g/mol. The lowest BCUT2D eigenvalue weighted by atomic mass is 10.0. The molecule has 0 unspecified atom stereocenters. The van der Waals surface area contributed by atoms with E-state index in [0.29, 0.717) is 30.1 Å². The van der Waals surface area contributed by atoms with Gasteiger partial charge in [-0.2, -0.15) is 5.26 Å². The number of carbonyl (C=O) groups is 1. The van der Waals surface area contributed by atoms with Crippen LogP contribution in [0.25, 0.3) is 11.1 Å². The fourth-order valence-corrected chi connectivity index (χ4v) is 3.32. The van der Waals surface area contributed by atoms with Crippen LogP contribution in [-0.4, -0.2) is 42.4 Å². The first-order valence-electron chi connectivity index (χ1n) is 9.52. The van der Waals surface area contributed by atoms with E-state index in [1.165, 1.54) is 6.20 Å². The Labute approximate surface area is 166 Å². The van der Waals surface area contributed by atoms with Crippen LogP contribution in [0.2, 0.25) is 0 Å². The number of hydrogen-bond acceptors (Lipinski definition) is 5. The van der Waals surface area contributed by atoms with Crippen molar-refractivity contribution in [3.8, 4) is 22.9 Å². The van der Waals surface area contributed by atoms with Crippen LogP contribution in [0.1, 0.15) is 18.4 Å². The summed E-state index contributed by atoms with van der Waals surface area (Å²) in [6.45, 7) is 0.904. The first-order chi connectivity index (χ1) is 14.0. The number of carbonyl (C=O) groups excluding carboxylic acids is 1. The normalized spacial score (nSPS) is 25.7. The van der Waals surface area contributed by atoms with Gasteiger partial charge in [0.25, 0.3) is 0 Å². The molecule has 6 nitrogen and oxygen atoms in total. The number of rotatable bonds is 5. The molecule has 2 heterocycles. The van der Waals surface area contributed by atoms with Gasteiger partial charge >= 0.3 is 0 Å². The summed E-state index contributed by atoms with van der Waals surface area (Å²) in [7, 11) is 0. The number of benzene rings is 1. The number of piperidine rings is 1. The van der Waals surface area contributed by atoms with Gasteiger partial charge in [0.05, 0.1) is 11.5 Å². The van der Waals surface area contributed by atoms with Gasteiger partial charge in [0.1, 0.15) is 36.1 Å². The van der Waals surface area contributed by atoms with Crippen LogP contribution in [0.4, 0.5) is 14.6 Å². The van der Waals surface area contributed by atoms with Gasteiger partial charge in [-0.3, -0.25) is 4.79 Å². The highest BCUT2D eigenvalue weighted by Crippen LogP contribution is 2.35. The van der Waals surface area contributed by atoms with Crippen LogP contribution in [-0.2, 0) is 4.79 Å². The number of halogens is 2. The number of ether oxygens (including phenoxy) is 1. The summed E-state index contributed by atoms with van der Waals surface area (Å²) in [6.07, 6.45) is -0.482. The van der Waals surface area contributed by atoms with Crippen molar-refractivity contribution < 1.29 is 18.3 Å². The van der Waals surface area contributed by atoms with Crippen molar-refractivity contribution in [1.82, 2.24) is 10.3 Å². The van der Waals surface area contributed by atoms with Crippen molar-refractivity contribution in [2.45, 2.75) is 31.3 Å². The lowest BCUT2D eigenvalue weighted by Gasteiger charge is -2.27. The zero-order valence-electron chi connectivity index (χ0n) is 15.6. The van der Waals surface area contributed by atoms with E-state index in [9.17, 15) is 18.8 Å². The Morgan fingerprint density at radius 3 is 2.76 bits per heavy atom. The number of anilines is 1. The molecule has 1 saturated heterocycles. The number of alkyl halides is 2. The largest absolute Gasteiger partial charge is 0.486 e. The standard InChI is InChI=1S/C21H20F2N4O2/c22-16-9-15(16)21(28)27-20-8-13(3-6-26-20)12-1-2-18(14(7-12)10-24)29-19-4-5-25-11-17(19)23/h1-3,6-8,15-17,19,25H,4-5,9,11H2,(H,26,27,28)/t15-,16+,17+,19-/m0/s1. The first kappa shape index (κ1) is 19.3. The minimum Gasteiger partial charge on any atom is -0.486 e. The van der Waals surface area contributed by atoms with Gasteiger partial charge in [-0.15, -0.1) is 0 Å². The fourth-order valence-electron chi connectivity index (χ4n) is 3.32. The number of nitrogens with zero attached hydrogens (tertiary/aromatic N) is 2. The summed E-state index contributed by atoms with van der Waals surface area (Å²) < 4.78 is 32.8. The van der Waals surface area contributed by atoms with Crippen molar-refractivity contribution in [2.24, 2.45) is 5.92 Å². The molecule has 8 heteroatoms. The Bertz CT molecular complexity index is 962. The van der Waals surface area contributed by atoms with E-state index < -0.39 is 24.4 Å². The number of amides is 1. The van der Waals surface area contributed by atoms with E-state index in [2.05, 4.69) is 21.7 Å². The number of pyridine rings is 1. The molecule has 1 saturated carbocycles. The van der Waals surface area contributed by atoms with Gasteiger partial charge in [0.15, 0.2) is 0 Å². The minimum absolute atomic E-state index is 0.236. The molecule has 2 aliphatic rings. The predicted molar refractivity (Wildman–Crippen MR) is 103 cm³/mol. The van der Waals surface area contributed by atoms with Crippen LogP contribution < -0.4 is 15.4 Å². The molecule has 4 atom stereocenters. The van der Waals surface area contributed by atoms with Crippen LogP contribution in [0.15, 0.2) is 36.5 Å². The maximum Gasteiger partial charge on any atom is 0.231 e. The van der Waals surface area contributed by atoms with Gasteiger partial charge in [0, 0.05) is 12.7 Å². The van der Waals surface area contributed by atoms with E-state index in [0.717, 1.165) is 11.1 Å². The summed E-state index contributed by atoms with van der Waals surface area (Å²) in [4.78, 5) is 16.0. The zero-order valence-corrected chi connectivity index (χ0v) is 15.6. The van der Waals surface area contributed by atoms with E-state index in [4.69, 9.17) is 4.74 Å². The lowest BCUT2D eigenvalue weighted by Crippen LogP contribution is -2.44. The molecule has 1 aromatic carbocycles. The van der Waals surface area contributed by atoms with Crippen molar-refractivity contribution in [1.29, 1.82) is 5.26 Å². The minimum atomic E-state index is -1.13. The number of nitrogens with one attached hydrogen (secondary N) is 2. The van der Waals surface area contributed by atoms with Crippen molar-refractivity contribution in [2.75, 3.05) is 18.4 Å². The molecule has 150 valence electrons. The van der Waals surface area contributed by atoms with Crippen LogP contribution in [0, 0.1) is 17.2 Å². The van der Waals surface area contributed by atoms with Crippen LogP contribution in [0.5, 0.6) is 5.75 Å². The third-order valence-electron chi connectivity index (χ3n) is 5.12. The summed E-state index contributed by atoms with van der Waals surface area (Å²) in [5.74, 6) is -0.320. The quantitative estimate of drug-likeness (QED) is 0.809. The van der Waals surface area contributed by atoms with E-state index in [1.807, 2.05) is 0 Å². The van der Waals surface area contributed by atoms with Crippen LogP contribution >= 0.6 is 0 Å². The second-order valence-corrected chi connectivity index (χ2v) is 7.27. The first-order valence-corrected chi connectivity index (χ1v) is 9.52. The molecule has 1 aliphatic carbocycles. The summed E-state index contributed by atoms with van der Waals surface area (Å²) in [6, 6.07) is 10.6. The Kier molecular flexibility index (Phi) is 5.41. The molecule has 29 heavy (non-hydrogen) atoms. The van der Waals surface area contributed by atoms with Crippen molar-refractivity contribution in [3.05, 3.63) is 42.1 Å². The van der Waals surface area contributed by atoms with Gasteiger partial charge in [-0.1, -0.05) is 6.07 Å². The highest BCUT2D eigenvalue weighted by Gasteiger charge is 2.43. The van der Waals surface area contributed by atoms with Crippen molar-refractivity contribution in [3.63, 3.8) is 0 Å². The highest BCUT2D eigenvalue weighted by molar-refractivity contribution is 5.94. The molecule has 1 aliphatic heterocycles. The SMILES string of the molecule is N#Cc1cc(-c2ccnc(NC(=O)[C@H]3C[C@H]3F)c2)ccc1O[C@H]1CCNC[C@H]1F. The summed E-state index contributed by atoms with van der Waals surface area (Å²) in [5.41, 5.74) is 1.76. The Hall–Kier alpha value is -3.05. The van der Waals surface area contributed by atoms with E-state index in [1.54, 1.807) is 30.3 Å². The zero-order chi connectivity index (χ0) is 20.4. The smallest absolute Gasteiger partial charge is 0.231 e. The van der Waals surface area contributed by atoms with Crippen molar-refractivity contribution >= 4 is 11.7 Å². The molecule has 0 bridgehead atoms. The molecule has 1 amide bonds. The van der Waals surface area contributed by atoms with Gasteiger partial charge in [0.2, 0.25) is 5.91 Å². The molecule has 2 fully saturated rings. The topological polar surface area (TPSA) is 87.0 Å². The summed E-state index contributed by atoms with van der Waals surface area (Å²) >= 11 is 0. The third kappa shape index (κ3) is 4.35. The van der Waals surface area contributed by atoms with Crippen LogP contribution in [0.3, 0.4) is 0 Å². The second-order valence-electron chi connectivity index (χ2n) is 7.27. The molecule has 4 rings (SSSR count). The maximum atomic E-state index is 14.0. The van der Waals surface area contributed by atoms with Gasteiger partial charge in [-0.05, 0) is 54.8 Å². The highest BCUT2D eigenvalue weighted by atomic mass is 19.1. The van der Waals surface area contributed by atoms with Gasteiger partial charge in [-0.25, -0.2) is 13.8 Å². The number of aromatic nitrogens is 1. The maximum absolute atomic E-state index is 14.0. The summed E-state index contributed by atoms with van der Waals surface area (Å²) in [5, 5.41) is 15.1. The number of hydrogen-bond donors (Lipinski definition) is 2. The Balaban J connectivity index is 1.52. The third-order valence-corrected chi connectivity index (χ3v) is 5.12. The Morgan fingerprint density at radius 1 is 1.24 bits per heavy atom.